The molecule has 0 aromatic heterocycles. The Labute approximate surface area is 188 Å². The minimum absolute atomic E-state index is 0.0109. The van der Waals surface area contributed by atoms with E-state index in [1.807, 2.05) is 25.3 Å². The van der Waals surface area contributed by atoms with Crippen molar-refractivity contribution >= 4 is 22.6 Å². The van der Waals surface area contributed by atoms with Crippen LogP contribution in [0.3, 0.4) is 0 Å². The molecule has 6 nitrogen and oxygen atoms in total. The van der Waals surface area contributed by atoms with Crippen LogP contribution in [0.2, 0.25) is 0 Å². The summed E-state index contributed by atoms with van der Waals surface area (Å²) in [5, 5.41) is 4.92. The third kappa shape index (κ3) is 3.13. The van der Waals surface area contributed by atoms with Gasteiger partial charge in [-0.15, -0.1) is 0 Å². The zero-order valence-corrected chi connectivity index (χ0v) is 19.2. The molecule has 2 aliphatic rings. The number of fused-ring (bicyclic) bond motifs is 2. The van der Waals surface area contributed by atoms with Crippen molar-refractivity contribution in [3.63, 3.8) is 0 Å². The highest BCUT2D eigenvalue weighted by Gasteiger charge is 2.62. The van der Waals surface area contributed by atoms with Crippen molar-refractivity contribution in [1.82, 2.24) is 10.2 Å². The summed E-state index contributed by atoms with van der Waals surface area (Å²) >= 11 is 0. The van der Waals surface area contributed by atoms with E-state index in [0.29, 0.717) is 17.9 Å². The number of allylic oxidation sites excluding steroid dienone is 1. The Kier molecular flexibility index (Phi) is 5.82. The van der Waals surface area contributed by atoms with Gasteiger partial charge in [-0.2, -0.15) is 0 Å². The van der Waals surface area contributed by atoms with Gasteiger partial charge in [0.05, 0.1) is 14.2 Å². The SMILES string of the molecule is CCC(N(C)C(C)c1cccc2ccccc12)C12C=CC(OC)=C(OC)C1C(=O)NC2=O. The first kappa shape index (κ1) is 22.1. The van der Waals surface area contributed by atoms with Crippen LogP contribution in [0.5, 0.6) is 0 Å². The van der Waals surface area contributed by atoms with Crippen LogP contribution in [-0.4, -0.2) is 44.0 Å². The van der Waals surface area contributed by atoms with Crippen molar-refractivity contribution in [3.8, 4) is 0 Å². The van der Waals surface area contributed by atoms with Gasteiger partial charge in [0.15, 0.2) is 11.5 Å². The molecule has 2 amide bonds. The van der Waals surface area contributed by atoms with E-state index in [1.54, 1.807) is 6.08 Å². The molecule has 1 aliphatic heterocycles. The fourth-order valence-electron chi connectivity index (χ4n) is 5.49. The molecule has 1 N–H and O–H groups in total. The second-order valence-corrected chi connectivity index (χ2v) is 8.49. The Morgan fingerprint density at radius 1 is 1.09 bits per heavy atom. The van der Waals surface area contributed by atoms with Crippen LogP contribution >= 0.6 is 0 Å². The number of ether oxygens (including phenoxy) is 2. The van der Waals surface area contributed by atoms with E-state index in [0.717, 1.165) is 0 Å². The van der Waals surface area contributed by atoms with E-state index in [-0.39, 0.29) is 23.9 Å². The molecule has 0 bridgehead atoms. The van der Waals surface area contributed by atoms with E-state index < -0.39 is 11.3 Å². The first-order valence-corrected chi connectivity index (χ1v) is 11.0. The molecule has 4 atom stereocenters. The van der Waals surface area contributed by atoms with Crippen LogP contribution in [0.25, 0.3) is 10.8 Å². The maximum atomic E-state index is 13.3. The number of benzene rings is 2. The largest absolute Gasteiger partial charge is 0.496 e. The number of hydrogen-bond donors (Lipinski definition) is 1. The number of rotatable bonds is 7. The molecule has 0 radical (unpaired) electrons. The summed E-state index contributed by atoms with van der Waals surface area (Å²) in [6.45, 7) is 4.19. The molecular weight excluding hydrogens is 404 g/mol. The van der Waals surface area contributed by atoms with Crippen LogP contribution in [0.15, 0.2) is 66.1 Å². The number of hydrogen-bond acceptors (Lipinski definition) is 5. The number of imide groups is 1. The van der Waals surface area contributed by atoms with E-state index >= 15 is 0 Å². The van der Waals surface area contributed by atoms with Crippen LogP contribution in [0.4, 0.5) is 0 Å². The number of nitrogens with one attached hydrogen (secondary N) is 1. The standard InChI is InChI=1S/C26H30N2O4/c1-6-21(28(3)16(2)18-13-9-11-17-10-7-8-12-19(17)18)26-15-14-20(31-4)23(32-5)22(26)24(29)27-25(26)30/h7-16,21-22H,6H2,1-5H3,(H,27,29,30). The van der Waals surface area contributed by atoms with Crippen molar-refractivity contribution < 1.29 is 19.1 Å². The van der Waals surface area contributed by atoms with Gasteiger partial charge in [0, 0.05) is 12.1 Å². The van der Waals surface area contributed by atoms with Crippen LogP contribution < -0.4 is 5.32 Å². The molecule has 4 rings (SSSR count). The van der Waals surface area contributed by atoms with Crippen molar-refractivity contribution in [2.24, 2.45) is 11.3 Å². The van der Waals surface area contributed by atoms with E-state index in [9.17, 15) is 9.59 Å². The average Bonchev–Trinajstić information content (AvgIpc) is 3.08. The highest BCUT2D eigenvalue weighted by atomic mass is 16.5. The molecule has 2 aromatic carbocycles. The lowest BCUT2D eigenvalue weighted by atomic mass is 9.66. The second kappa shape index (κ2) is 8.43. The normalized spacial score (nSPS) is 24.5. The molecule has 1 saturated heterocycles. The molecule has 32 heavy (non-hydrogen) atoms. The molecule has 1 fully saturated rings. The van der Waals surface area contributed by atoms with Gasteiger partial charge in [0.1, 0.15) is 11.3 Å². The molecule has 4 unspecified atom stereocenters. The lowest BCUT2D eigenvalue weighted by Gasteiger charge is -2.45. The van der Waals surface area contributed by atoms with Gasteiger partial charge in [-0.3, -0.25) is 19.8 Å². The molecule has 0 spiro atoms. The first-order valence-electron chi connectivity index (χ1n) is 11.0. The second-order valence-electron chi connectivity index (χ2n) is 8.49. The lowest BCUT2D eigenvalue weighted by Crippen LogP contribution is -2.53. The third-order valence-electron chi connectivity index (χ3n) is 7.14. The van der Waals surface area contributed by atoms with Crippen molar-refractivity contribution in [2.75, 3.05) is 21.3 Å². The molecule has 1 aliphatic carbocycles. The highest BCUT2D eigenvalue weighted by Crippen LogP contribution is 2.50. The van der Waals surface area contributed by atoms with Crippen molar-refractivity contribution in [2.45, 2.75) is 32.4 Å². The smallest absolute Gasteiger partial charge is 0.239 e. The lowest BCUT2D eigenvalue weighted by molar-refractivity contribution is -0.130. The number of carbonyl (C=O) groups is 2. The van der Waals surface area contributed by atoms with Gasteiger partial charge >= 0.3 is 0 Å². The molecule has 1 heterocycles. The molecule has 0 saturated carbocycles. The third-order valence-corrected chi connectivity index (χ3v) is 7.14. The Morgan fingerprint density at radius 2 is 1.81 bits per heavy atom. The zero-order valence-electron chi connectivity index (χ0n) is 19.2. The van der Waals surface area contributed by atoms with Gasteiger partial charge in [-0.1, -0.05) is 55.5 Å². The fourth-order valence-corrected chi connectivity index (χ4v) is 5.49. The van der Waals surface area contributed by atoms with E-state index in [2.05, 4.69) is 54.4 Å². The number of nitrogens with zero attached hydrogens (tertiary/aromatic N) is 1. The van der Waals surface area contributed by atoms with Crippen molar-refractivity contribution in [3.05, 3.63) is 71.7 Å². The van der Waals surface area contributed by atoms with Gasteiger partial charge in [0.25, 0.3) is 0 Å². The highest BCUT2D eigenvalue weighted by molar-refractivity contribution is 6.10. The maximum Gasteiger partial charge on any atom is 0.239 e. The Bertz CT molecular complexity index is 1120. The van der Waals surface area contributed by atoms with E-state index in [4.69, 9.17) is 9.47 Å². The van der Waals surface area contributed by atoms with Crippen molar-refractivity contribution in [1.29, 1.82) is 0 Å². The summed E-state index contributed by atoms with van der Waals surface area (Å²) in [4.78, 5) is 28.5. The predicted octanol–water partition coefficient (Wildman–Crippen LogP) is 3.94. The summed E-state index contributed by atoms with van der Waals surface area (Å²) in [7, 11) is 5.07. The summed E-state index contributed by atoms with van der Waals surface area (Å²) in [5.74, 6) is -0.555. The van der Waals surface area contributed by atoms with Crippen LogP contribution in [0, 0.1) is 11.3 Å². The number of carbonyl (C=O) groups excluding carboxylic acids is 2. The first-order chi connectivity index (χ1) is 15.4. The van der Waals surface area contributed by atoms with Gasteiger partial charge in [-0.05, 0) is 42.8 Å². The Balaban J connectivity index is 1.80. The van der Waals surface area contributed by atoms with Crippen LogP contribution in [0.1, 0.15) is 31.9 Å². The topological polar surface area (TPSA) is 67.9 Å². The predicted molar refractivity (Wildman–Crippen MR) is 123 cm³/mol. The average molecular weight is 435 g/mol. The number of methoxy groups -OCH3 is 2. The zero-order chi connectivity index (χ0) is 23.0. The summed E-state index contributed by atoms with van der Waals surface area (Å²) in [6.07, 6.45) is 4.26. The maximum absolute atomic E-state index is 13.3. The number of amides is 2. The minimum atomic E-state index is -1.08. The Morgan fingerprint density at radius 3 is 2.50 bits per heavy atom. The van der Waals surface area contributed by atoms with E-state index in [1.165, 1.54) is 30.6 Å². The van der Waals surface area contributed by atoms with Crippen LogP contribution in [-0.2, 0) is 19.1 Å². The minimum Gasteiger partial charge on any atom is -0.496 e. The molecular formula is C26H30N2O4. The quantitative estimate of drug-likeness (QED) is 0.669. The van der Waals surface area contributed by atoms with Gasteiger partial charge in [-0.25, -0.2) is 0 Å². The monoisotopic (exact) mass is 434 g/mol. The molecule has 2 aromatic rings. The fraction of sp³-hybridized carbons (Fsp3) is 0.385. The molecule has 6 heteroatoms. The summed E-state index contributed by atoms with van der Waals surface area (Å²) in [6, 6.07) is 14.4. The summed E-state index contributed by atoms with van der Waals surface area (Å²) < 4.78 is 11.0. The Hall–Kier alpha value is -3.12. The summed E-state index contributed by atoms with van der Waals surface area (Å²) in [5.41, 5.74) is 0.105. The van der Waals surface area contributed by atoms with Gasteiger partial charge < -0.3 is 9.47 Å². The molecule has 168 valence electrons. The van der Waals surface area contributed by atoms with Gasteiger partial charge in [0.2, 0.25) is 11.8 Å².